The van der Waals surface area contributed by atoms with Gasteiger partial charge in [0.25, 0.3) is 0 Å². The lowest BCUT2D eigenvalue weighted by molar-refractivity contribution is 0.0154. The van der Waals surface area contributed by atoms with E-state index >= 15 is 0 Å². The molecule has 0 saturated heterocycles. The quantitative estimate of drug-likeness (QED) is 0.545. The maximum absolute atomic E-state index is 6.27. The molecule has 1 aromatic carbocycles. The van der Waals surface area contributed by atoms with Crippen molar-refractivity contribution in [3.05, 3.63) is 47.7 Å². The predicted molar refractivity (Wildman–Crippen MR) is 104 cm³/mol. The summed E-state index contributed by atoms with van der Waals surface area (Å²) in [5.41, 5.74) is 2.35. The van der Waals surface area contributed by atoms with Crippen LogP contribution in [0, 0.1) is 0 Å². The smallest absolute Gasteiger partial charge is 0.184 e. The third-order valence-corrected chi connectivity index (χ3v) is 4.78. The minimum Gasteiger partial charge on any atom is -0.371 e. The molecular weight excluding hydrogens is 330 g/mol. The molecule has 3 rings (SSSR count). The molecule has 25 heavy (non-hydrogen) atoms. The van der Waals surface area contributed by atoms with Crippen LogP contribution in [0.25, 0.3) is 0 Å². The van der Waals surface area contributed by atoms with E-state index in [0.717, 1.165) is 25.0 Å². The summed E-state index contributed by atoms with van der Waals surface area (Å²) in [5, 5.41) is 7.12. The first kappa shape index (κ1) is 18.0. The lowest BCUT2D eigenvalue weighted by Crippen LogP contribution is -2.28. The van der Waals surface area contributed by atoms with Crippen LogP contribution in [0.1, 0.15) is 57.3 Å². The lowest BCUT2D eigenvalue weighted by Gasteiger charge is -2.27. The predicted octanol–water partition coefficient (Wildman–Crippen LogP) is 5.23. The van der Waals surface area contributed by atoms with Crippen molar-refractivity contribution in [2.45, 2.75) is 64.2 Å². The van der Waals surface area contributed by atoms with Gasteiger partial charge in [-0.1, -0.05) is 51.1 Å². The Balaban J connectivity index is 1.83. The highest BCUT2D eigenvalue weighted by Gasteiger charge is 2.34. The molecule has 1 aromatic heterocycles. The van der Waals surface area contributed by atoms with Gasteiger partial charge in [0.1, 0.15) is 0 Å². The number of hydrogen-bond donors (Lipinski definition) is 0. The summed E-state index contributed by atoms with van der Waals surface area (Å²) in [6.07, 6.45) is 3.46. The third-order valence-electron chi connectivity index (χ3n) is 4.69. The molecule has 1 fully saturated rings. The number of rotatable bonds is 5. The molecule has 1 aliphatic rings. The average Bonchev–Trinajstić information content (AvgIpc) is 3.20. The fraction of sp³-hybridized carbons (Fsp3) is 0.500. The Morgan fingerprint density at radius 3 is 2.72 bits per heavy atom. The molecule has 2 atom stereocenters. The van der Waals surface area contributed by atoms with Gasteiger partial charge in [-0.05, 0) is 37.0 Å². The van der Waals surface area contributed by atoms with Crippen LogP contribution < -0.4 is 0 Å². The molecule has 2 aromatic rings. The zero-order valence-electron chi connectivity index (χ0n) is 15.1. The standard InChI is InChI=1S/C20H25N3OS/c1-20(2,3)18-12-19(21-14-25)22-23(18)16-10-7-11-17(16)24-13-15-8-5-4-6-9-15/h4-6,8-9,12,16-17H,7,10-11,13H2,1-3H3. The van der Waals surface area contributed by atoms with E-state index in [0.29, 0.717) is 12.4 Å². The summed E-state index contributed by atoms with van der Waals surface area (Å²) in [7, 11) is 0. The third kappa shape index (κ3) is 4.24. The van der Waals surface area contributed by atoms with Crippen LogP contribution in [0.4, 0.5) is 5.82 Å². The largest absolute Gasteiger partial charge is 0.371 e. The fourth-order valence-corrected chi connectivity index (χ4v) is 3.55. The van der Waals surface area contributed by atoms with Crippen LogP contribution in [0.15, 0.2) is 41.4 Å². The zero-order chi connectivity index (χ0) is 17.9. The van der Waals surface area contributed by atoms with E-state index in [9.17, 15) is 0 Å². The summed E-state index contributed by atoms with van der Waals surface area (Å²) < 4.78 is 8.38. The number of thiocarbonyl (C=S) groups is 1. The van der Waals surface area contributed by atoms with Crippen LogP contribution in [-0.4, -0.2) is 21.0 Å². The maximum Gasteiger partial charge on any atom is 0.184 e. The molecular formula is C20H25N3OS. The Kier molecular flexibility index (Phi) is 5.48. The molecule has 2 unspecified atom stereocenters. The molecule has 0 bridgehead atoms. The Bertz CT molecular complexity index is 757. The average molecular weight is 356 g/mol. The van der Waals surface area contributed by atoms with Gasteiger partial charge in [0.2, 0.25) is 0 Å². The van der Waals surface area contributed by atoms with Crippen molar-refractivity contribution in [1.82, 2.24) is 9.78 Å². The Hall–Kier alpha value is -1.81. The highest BCUT2D eigenvalue weighted by Crippen LogP contribution is 2.37. The van der Waals surface area contributed by atoms with Crippen molar-refractivity contribution in [3.63, 3.8) is 0 Å². The second-order valence-electron chi connectivity index (χ2n) is 7.62. The van der Waals surface area contributed by atoms with Gasteiger partial charge >= 0.3 is 0 Å². The van der Waals surface area contributed by atoms with Crippen molar-refractivity contribution in [3.8, 4) is 0 Å². The van der Waals surface area contributed by atoms with Crippen LogP contribution in [0.5, 0.6) is 0 Å². The Morgan fingerprint density at radius 1 is 1.28 bits per heavy atom. The van der Waals surface area contributed by atoms with Gasteiger partial charge in [-0.2, -0.15) is 10.1 Å². The summed E-state index contributed by atoms with van der Waals surface area (Å²) in [5.74, 6) is 0.633. The van der Waals surface area contributed by atoms with E-state index in [1.165, 1.54) is 5.56 Å². The molecule has 1 heterocycles. The number of aliphatic imine (C=N–C) groups is 1. The number of benzene rings is 1. The molecule has 0 radical (unpaired) electrons. The normalized spacial score (nSPS) is 20.4. The first-order valence-corrected chi connectivity index (χ1v) is 9.23. The molecule has 4 nitrogen and oxygen atoms in total. The van der Waals surface area contributed by atoms with E-state index in [4.69, 9.17) is 22.1 Å². The molecule has 0 aliphatic heterocycles. The first-order valence-electron chi connectivity index (χ1n) is 8.82. The summed E-state index contributed by atoms with van der Waals surface area (Å²) in [6, 6.07) is 12.6. The topological polar surface area (TPSA) is 39.4 Å². The molecule has 0 N–H and O–H groups in total. The second kappa shape index (κ2) is 7.61. The van der Waals surface area contributed by atoms with Crippen molar-refractivity contribution in [2.24, 2.45) is 4.99 Å². The lowest BCUT2D eigenvalue weighted by atomic mass is 9.91. The molecule has 1 saturated carbocycles. The summed E-state index contributed by atoms with van der Waals surface area (Å²) >= 11 is 4.74. The summed E-state index contributed by atoms with van der Waals surface area (Å²) in [6.45, 7) is 7.22. The molecule has 5 heteroatoms. The van der Waals surface area contributed by atoms with E-state index in [1.54, 1.807) is 0 Å². The second-order valence-corrected chi connectivity index (χ2v) is 7.80. The van der Waals surface area contributed by atoms with Gasteiger partial charge in [0, 0.05) is 17.2 Å². The van der Waals surface area contributed by atoms with Crippen molar-refractivity contribution in [2.75, 3.05) is 0 Å². The maximum atomic E-state index is 6.27. The van der Waals surface area contributed by atoms with Crippen LogP contribution in [0.2, 0.25) is 0 Å². The molecule has 132 valence electrons. The number of isothiocyanates is 1. The van der Waals surface area contributed by atoms with Crippen molar-refractivity contribution >= 4 is 23.2 Å². The van der Waals surface area contributed by atoms with Gasteiger partial charge in [-0.25, -0.2) is 0 Å². The fourth-order valence-electron chi connectivity index (χ4n) is 3.45. The Labute approximate surface area is 154 Å². The SMILES string of the molecule is CC(C)(C)c1cc(N=C=S)nn1C1CCCC1OCc1ccccc1. The van der Waals surface area contributed by atoms with Crippen molar-refractivity contribution in [1.29, 1.82) is 0 Å². The minimum absolute atomic E-state index is 0.0191. The van der Waals surface area contributed by atoms with Gasteiger partial charge in [0.05, 0.1) is 23.9 Å². The van der Waals surface area contributed by atoms with Crippen LogP contribution in [0.3, 0.4) is 0 Å². The number of aromatic nitrogens is 2. The van der Waals surface area contributed by atoms with Gasteiger partial charge in [-0.3, -0.25) is 4.68 Å². The minimum atomic E-state index is -0.0191. The number of hydrogen-bond acceptors (Lipinski definition) is 4. The van der Waals surface area contributed by atoms with Gasteiger partial charge < -0.3 is 4.74 Å². The number of nitrogens with zero attached hydrogens (tertiary/aromatic N) is 3. The molecule has 0 amide bonds. The number of ether oxygens (including phenoxy) is 1. The Morgan fingerprint density at radius 2 is 2.04 bits per heavy atom. The summed E-state index contributed by atoms with van der Waals surface area (Å²) in [4.78, 5) is 4.08. The molecule has 0 spiro atoms. The van der Waals surface area contributed by atoms with E-state index in [-0.39, 0.29) is 17.6 Å². The van der Waals surface area contributed by atoms with Crippen LogP contribution >= 0.6 is 12.2 Å². The highest BCUT2D eigenvalue weighted by molar-refractivity contribution is 7.78. The first-order chi connectivity index (χ1) is 12.0. The molecule has 1 aliphatic carbocycles. The monoisotopic (exact) mass is 355 g/mol. The van der Waals surface area contributed by atoms with Gasteiger partial charge in [-0.15, -0.1) is 0 Å². The van der Waals surface area contributed by atoms with Gasteiger partial charge in [0.15, 0.2) is 5.82 Å². The van der Waals surface area contributed by atoms with E-state index in [2.05, 4.69) is 47.7 Å². The van der Waals surface area contributed by atoms with E-state index in [1.807, 2.05) is 24.3 Å². The zero-order valence-corrected chi connectivity index (χ0v) is 15.9. The van der Waals surface area contributed by atoms with Crippen LogP contribution in [-0.2, 0) is 16.8 Å². The highest BCUT2D eigenvalue weighted by atomic mass is 32.1. The van der Waals surface area contributed by atoms with Crippen molar-refractivity contribution < 1.29 is 4.74 Å². The van der Waals surface area contributed by atoms with E-state index < -0.39 is 0 Å².